The molecule has 1 aromatic heterocycles. The van der Waals surface area contributed by atoms with Crippen molar-refractivity contribution in [3.05, 3.63) is 47.8 Å². The Morgan fingerprint density at radius 2 is 1.92 bits per heavy atom. The van der Waals surface area contributed by atoms with Crippen molar-refractivity contribution in [1.82, 2.24) is 20.3 Å². The summed E-state index contributed by atoms with van der Waals surface area (Å²) in [6.45, 7) is 4.29. The summed E-state index contributed by atoms with van der Waals surface area (Å²) in [7, 11) is 0. The monoisotopic (exact) mass is 340 g/mol. The Balaban J connectivity index is 2.00. The fourth-order valence-electron chi connectivity index (χ4n) is 2.24. The maximum absolute atomic E-state index is 12.7. The third kappa shape index (κ3) is 5.07. The van der Waals surface area contributed by atoms with Crippen LogP contribution in [-0.4, -0.2) is 26.9 Å². The standard InChI is InChI=1S/C16H19F3N4O/c1-11(2)14(10-23-20-6-7-21-23)22-15(24)9-12-4-3-5-13(8-12)16(17,18)19/h3-8,11,14H,9-10H2,1-2H3,(H,22,24). The third-order valence-corrected chi connectivity index (χ3v) is 3.60. The van der Waals surface area contributed by atoms with Crippen LogP contribution in [0.3, 0.4) is 0 Å². The molecule has 2 rings (SSSR count). The van der Waals surface area contributed by atoms with Gasteiger partial charge in [0.05, 0.1) is 37.0 Å². The van der Waals surface area contributed by atoms with Crippen molar-refractivity contribution in [2.75, 3.05) is 0 Å². The van der Waals surface area contributed by atoms with Gasteiger partial charge in [-0.15, -0.1) is 0 Å². The molecular formula is C16H19F3N4O. The lowest BCUT2D eigenvalue weighted by atomic mass is 10.0. The first kappa shape index (κ1) is 18.0. The minimum atomic E-state index is -4.42. The first-order valence-electron chi connectivity index (χ1n) is 7.55. The highest BCUT2D eigenvalue weighted by Crippen LogP contribution is 2.29. The van der Waals surface area contributed by atoms with Crippen LogP contribution in [0.4, 0.5) is 13.2 Å². The fraction of sp³-hybridized carbons (Fsp3) is 0.438. The zero-order valence-electron chi connectivity index (χ0n) is 13.4. The van der Waals surface area contributed by atoms with E-state index in [0.717, 1.165) is 12.1 Å². The summed E-state index contributed by atoms with van der Waals surface area (Å²) in [5.41, 5.74) is -0.434. The van der Waals surface area contributed by atoms with Crippen molar-refractivity contribution in [3.63, 3.8) is 0 Å². The molecule has 0 saturated heterocycles. The first-order valence-corrected chi connectivity index (χ1v) is 7.55. The molecular weight excluding hydrogens is 321 g/mol. The normalized spacial score (nSPS) is 13.1. The predicted octanol–water partition coefficient (Wildman–Crippen LogP) is 2.68. The van der Waals surface area contributed by atoms with E-state index in [1.807, 2.05) is 13.8 Å². The predicted molar refractivity (Wildman–Crippen MR) is 81.9 cm³/mol. The largest absolute Gasteiger partial charge is 0.416 e. The minimum Gasteiger partial charge on any atom is -0.351 e. The summed E-state index contributed by atoms with van der Waals surface area (Å²) in [4.78, 5) is 13.6. The number of amides is 1. The Morgan fingerprint density at radius 3 is 2.50 bits per heavy atom. The molecule has 0 bridgehead atoms. The summed E-state index contributed by atoms with van der Waals surface area (Å²) in [6.07, 6.45) is -1.44. The quantitative estimate of drug-likeness (QED) is 0.879. The summed E-state index contributed by atoms with van der Waals surface area (Å²) >= 11 is 0. The molecule has 1 atom stereocenters. The molecule has 2 aromatic rings. The zero-order chi connectivity index (χ0) is 17.7. The van der Waals surface area contributed by atoms with Gasteiger partial charge in [-0.25, -0.2) is 0 Å². The van der Waals surface area contributed by atoms with E-state index in [4.69, 9.17) is 0 Å². The molecule has 0 spiro atoms. The summed E-state index contributed by atoms with van der Waals surface area (Å²) < 4.78 is 38.1. The van der Waals surface area contributed by atoms with Gasteiger partial charge in [0.15, 0.2) is 0 Å². The van der Waals surface area contributed by atoms with Crippen LogP contribution in [0.15, 0.2) is 36.7 Å². The number of rotatable bonds is 6. The molecule has 0 radical (unpaired) electrons. The highest BCUT2D eigenvalue weighted by molar-refractivity contribution is 5.78. The van der Waals surface area contributed by atoms with Crippen LogP contribution in [0.25, 0.3) is 0 Å². The number of nitrogens with zero attached hydrogens (tertiary/aromatic N) is 3. The molecule has 1 heterocycles. The van der Waals surface area contributed by atoms with Crippen molar-refractivity contribution < 1.29 is 18.0 Å². The van der Waals surface area contributed by atoms with Crippen molar-refractivity contribution in [2.24, 2.45) is 5.92 Å². The van der Waals surface area contributed by atoms with Crippen LogP contribution in [0.1, 0.15) is 25.0 Å². The second kappa shape index (κ2) is 7.46. The van der Waals surface area contributed by atoms with E-state index < -0.39 is 11.7 Å². The number of carbonyl (C=O) groups excluding carboxylic acids is 1. The lowest BCUT2D eigenvalue weighted by molar-refractivity contribution is -0.137. The Hall–Kier alpha value is -2.38. The van der Waals surface area contributed by atoms with Crippen LogP contribution >= 0.6 is 0 Å². The molecule has 1 N–H and O–H groups in total. The van der Waals surface area contributed by atoms with Gasteiger partial charge >= 0.3 is 6.18 Å². The molecule has 0 aliphatic carbocycles. The zero-order valence-corrected chi connectivity index (χ0v) is 13.4. The topological polar surface area (TPSA) is 59.8 Å². The molecule has 0 aliphatic rings. The second-order valence-electron chi connectivity index (χ2n) is 5.88. The van der Waals surface area contributed by atoms with Crippen LogP contribution in [0.5, 0.6) is 0 Å². The number of aromatic nitrogens is 3. The molecule has 24 heavy (non-hydrogen) atoms. The highest BCUT2D eigenvalue weighted by atomic mass is 19.4. The summed E-state index contributed by atoms with van der Waals surface area (Å²) in [6, 6.07) is 4.59. The van der Waals surface area contributed by atoms with E-state index in [0.29, 0.717) is 12.1 Å². The molecule has 0 aliphatic heterocycles. The van der Waals surface area contributed by atoms with Gasteiger partial charge < -0.3 is 5.32 Å². The average Bonchev–Trinajstić information content (AvgIpc) is 2.99. The van der Waals surface area contributed by atoms with Gasteiger partial charge in [0.1, 0.15) is 0 Å². The Bertz CT molecular complexity index is 668. The van der Waals surface area contributed by atoms with Crippen molar-refractivity contribution in [3.8, 4) is 0 Å². The van der Waals surface area contributed by atoms with E-state index in [9.17, 15) is 18.0 Å². The van der Waals surface area contributed by atoms with Crippen LogP contribution < -0.4 is 5.32 Å². The number of halogens is 3. The van der Waals surface area contributed by atoms with E-state index >= 15 is 0 Å². The fourth-order valence-corrected chi connectivity index (χ4v) is 2.24. The van der Waals surface area contributed by atoms with Crippen molar-refractivity contribution in [1.29, 1.82) is 0 Å². The lowest BCUT2D eigenvalue weighted by Crippen LogP contribution is -2.42. The van der Waals surface area contributed by atoms with Crippen molar-refractivity contribution >= 4 is 5.91 Å². The molecule has 1 aromatic carbocycles. The maximum atomic E-state index is 12.7. The Kier molecular flexibility index (Phi) is 5.58. The van der Waals surface area contributed by atoms with Gasteiger partial charge in [0, 0.05) is 0 Å². The lowest BCUT2D eigenvalue weighted by Gasteiger charge is -2.22. The average molecular weight is 340 g/mol. The number of hydrogen-bond acceptors (Lipinski definition) is 3. The van der Waals surface area contributed by atoms with Crippen LogP contribution in [0.2, 0.25) is 0 Å². The molecule has 0 saturated carbocycles. The third-order valence-electron chi connectivity index (χ3n) is 3.60. The van der Waals surface area contributed by atoms with Gasteiger partial charge in [0.25, 0.3) is 0 Å². The smallest absolute Gasteiger partial charge is 0.351 e. The van der Waals surface area contributed by atoms with E-state index in [2.05, 4.69) is 15.5 Å². The SMILES string of the molecule is CC(C)C(Cn1nccn1)NC(=O)Cc1cccc(C(F)(F)F)c1. The summed E-state index contributed by atoms with van der Waals surface area (Å²) in [5, 5.41) is 10.8. The highest BCUT2D eigenvalue weighted by Gasteiger charge is 2.30. The second-order valence-corrected chi connectivity index (χ2v) is 5.88. The Morgan fingerprint density at radius 1 is 1.25 bits per heavy atom. The molecule has 1 amide bonds. The molecule has 1 unspecified atom stereocenters. The first-order chi connectivity index (χ1) is 11.3. The number of alkyl halides is 3. The summed E-state index contributed by atoms with van der Waals surface area (Å²) in [5.74, 6) is -0.207. The van der Waals surface area contributed by atoms with Crippen molar-refractivity contribution in [2.45, 2.75) is 39.0 Å². The van der Waals surface area contributed by atoms with Crippen LogP contribution in [0, 0.1) is 5.92 Å². The molecule has 0 fully saturated rings. The molecule has 8 heteroatoms. The number of hydrogen-bond donors (Lipinski definition) is 1. The number of nitrogens with one attached hydrogen (secondary N) is 1. The Labute approximate surface area is 137 Å². The van der Waals surface area contributed by atoms with Gasteiger partial charge in [0.2, 0.25) is 5.91 Å². The van der Waals surface area contributed by atoms with E-state index in [1.54, 1.807) is 12.4 Å². The van der Waals surface area contributed by atoms with Gasteiger partial charge in [-0.05, 0) is 17.5 Å². The van der Waals surface area contributed by atoms with E-state index in [1.165, 1.54) is 16.9 Å². The van der Waals surface area contributed by atoms with Gasteiger partial charge in [-0.1, -0.05) is 32.0 Å². The van der Waals surface area contributed by atoms with Gasteiger partial charge in [-0.2, -0.15) is 28.2 Å². The number of benzene rings is 1. The number of carbonyl (C=O) groups is 1. The van der Waals surface area contributed by atoms with Crippen LogP contribution in [-0.2, 0) is 23.9 Å². The van der Waals surface area contributed by atoms with Gasteiger partial charge in [-0.3, -0.25) is 4.79 Å². The molecule has 5 nitrogen and oxygen atoms in total. The minimum absolute atomic E-state index is 0.111. The molecule has 130 valence electrons. The maximum Gasteiger partial charge on any atom is 0.416 e. The van der Waals surface area contributed by atoms with E-state index in [-0.39, 0.29) is 24.3 Å².